The smallest absolute Gasteiger partial charge is 0.274 e. The van der Waals surface area contributed by atoms with Crippen LogP contribution >= 0.6 is 0 Å². The Morgan fingerprint density at radius 2 is 1.63 bits per heavy atom. The van der Waals surface area contributed by atoms with Crippen LogP contribution in [0.3, 0.4) is 0 Å². The maximum Gasteiger partial charge on any atom is 0.274 e. The molecule has 0 radical (unpaired) electrons. The van der Waals surface area contributed by atoms with Crippen LogP contribution in [0.1, 0.15) is 29.3 Å². The van der Waals surface area contributed by atoms with Crippen LogP contribution in [0.5, 0.6) is 0 Å². The summed E-state index contributed by atoms with van der Waals surface area (Å²) in [6.45, 7) is 11.3. The van der Waals surface area contributed by atoms with Crippen molar-refractivity contribution in [3.8, 4) is 5.69 Å². The number of nitrogens with zero attached hydrogens (tertiary/aromatic N) is 4. The van der Waals surface area contributed by atoms with Crippen molar-refractivity contribution in [3.63, 3.8) is 0 Å². The molecule has 1 saturated heterocycles. The summed E-state index contributed by atoms with van der Waals surface area (Å²) in [5.41, 5.74) is 7.09. The Labute approximate surface area is 179 Å². The predicted molar refractivity (Wildman–Crippen MR) is 124 cm³/mol. The van der Waals surface area contributed by atoms with E-state index < -0.39 is 0 Å². The van der Waals surface area contributed by atoms with Crippen molar-refractivity contribution < 1.29 is 0 Å². The summed E-state index contributed by atoms with van der Waals surface area (Å²) in [4.78, 5) is 18.1. The van der Waals surface area contributed by atoms with Crippen LogP contribution in [0.15, 0.2) is 53.3 Å². The van der Waals surface area contributed by atoms with E-state index in [9.17, 15) is 4.79 Å². The van der Waals surface area contributed by atoms with Crippen LogP contribution in [0, 0.1) is 13.8 Å². The first-order valence-corrected chi connectivity index (χ1v) is 10.9. The maximum absolute atomic E-state index is 13.1. The third-order valence-corrected chi connectivity index (χ3v) is 6.28. The Balaban J connectivity index is 1.52. The minimum Gasteiger partial charge on any atom is -0.369 e. The topological polar surface area (TPSA) is 33.4 Å². The van der Waals surface area contributed by atoms with Gasteiger partial charge in [-0.05, 0) is 44.0 Å². The van der Waals surface area contributed by atoms with Crippen molar-refractivity contribution in [1.29, 1.82) is 0 Å². The SMILES string of the molecule is CCc1c(CN2CCN(c3ccc(C)cc3C)CC2)n(C)n(-c2ccccc2)c1=O. The molecule has 0 bridgehead atoms. The van der Waals surface area contributed by atoms with Crippen molar-refractivity contribution in [2.45, 2.75) is 33.7 Å². The minimum atomic E-state index is 0.107. The van der Waals surface area contributed by atoms with Crippen LogP contribution in [0.2, 0.25) is 0 Å². The van der Waals surface area contributed by atoms with Crippen molar-refractivity contribution >= 4 is 5.69 Å². The lowest BCUT2D eigenvalue weighted by Crippen LogP contribution is -2.46. The van der Waals surface area contributed by atoms with Crippen LogP contribution in [0.4, 0.5) is 5.69 Å². The lowest BCUT2D eigenvalue weighted by atomic mass is 10.1. The van der Waals surface area contributed by atoms with E-state index in [0.29, 0.717) is 0 Å². The van der Waals surface area contributed by atoms with E-state index in [4.69, 9.17) is 0 Å². The molecule has 0 saturated carbocycles. The van der Waals surface area contributed by atoms with Crippen molar-refractivity contribution in [1.82, 2.24) is 14.3 Å². The molecule has 1 aromatic heterocycles. The highest BCUT2D eigenvalue weighted by molar-refractivity contribution is 5.54. The largest absolute Gasteiger partial charge is 0.369 e. The quantitative estimate of drug-likeness (QED) is 0.651. The van der Waals surface area contributed by atoms with E-state index in [1.54, 1.807) is 4.68 Å². The second-order valence-electron chi connectivity index (χ2n) is 8.31. The molecule has 1 fully saturated rings. The summed E-state index contributed by atoms with van der Waals surface area (Å²) in [6, 6.07) is 16.6. The molecule has 1 aliphatic heterocycles. The second-order valence-corrected chi connectivity index (χ2v) is 8.31. The van der Waals surface area contributed by atoms with Gasteiger partial charge in [-0.3, -0.25) is 14.4 Å². The van der Waals surface area contributed by atoms with Gasteiger partial charge in [0.25, 0.3) is 5.56 Å². The Bertz CT molecular complexity index is 1070. The van der Waals surface area contributed by atoms with Gasteiger partial charge < -0.3 is 4.90 Å². The lowest BCUT2D eigenvalue weighted by molar-refractivity contribution is 0.242. The average molecular weight is 405 g/mol. The number of piperazine rings is 1. The van der Waals surface area contributed by atoms with Crippen LogP contribution < -0.4 is 10.5 Å². The fraction of sp³-hybridized carbons (Fsp3) is 0.400. The van der Waals surface area contributed by atoms with Crippen LogP contribution in [-0.4, -0.2) is 40.4 Å². The van der Waals surface area contributed by atoms with E-state index in [2.05, 4.69) is 48.8 Å². The summed E-state index contributed by atoms with van der Waals surface area (Å²) >= 11 is 0. The standard InChI is InChI=1S/C25H32N4O/c1-5-22-24(26(4)29(25(22)30)21-9-7-6-8-10-21)18-27-13-15-28(16-14-27)23-12-11-19(2)17-20(23)3/h6-12,17H,5,13-16,18H2,1-4H3. The molecule has 0 atom stereocenters. The monoisotopic (exact) mass is 404 g/mol. The van der Waals surface area contributed by atoms with Gasteiger partial charge in [0.05, 0.1) is 11.4 Å². The van der Waals surface area contributed by atoms with Crippen LogP contribution in [-0.2, 0) is 20.0 Å². The third-order valence-electron chi connectivity index (χ3n) is 6.28. The Morgan fingerprint density at radius 3 is 2.27 bits per heavy atom. The number of rotatable bonds is 5. The molecular weight excluding hydrogens is 372 g/mol. The average Bonchev–Trinajstić information content (AvgIpc) is 2.98. The van der Waals surface area contributed by atoms with E-state index in [1.165, 1.54) is 16.8 Å². The number of hydrogen-bond acceptors (Lipinski definition) is 3. The number of aromatic nitrogens is 2. The molecule has 2 aromatic carbocycles. The molecule has 4 rings (SSSR count). The van der Waals surface area contributed by atoms with Crippen LogP contribution in [0.25, 0.3) is 5.69 Å². The Kier molecular flexibility index (Phi) is 5.82. The highest BCUT2D eigenvalue weighted by atomic mass is 16.1. The van der Waals surface area contributed by atoms with Gasteiger partial charge in [-0.1, -0.05) is 42.8 Å². The molecule has 3 aromatic rings. The number of para-hydroxylation sites is 1. The summed E-state index contributed by atoms with van der Waals surface area (Å²) in [7, 11) is 2.01. The maximum atomic E-state index is 13.1. The summed E-state index contributed by atoms with van der Waals surface area (Å²) in [5, 5.41) is 0. The first-order valence-electron chi connectivity index (χ1n) is 10.9. The van der Waals surface area contributed by atoms with Gasteiger partial charge >= 0.3 is 0 Å². The first kappa shape index (κ1) is 20.5. The molecule has 0 N–H and O–H groups in total. The number of benzene rings is 2. The molecule has 2 heterocycles. The van der Waals surface area contributed by atoms with Gasteiger partial charge in [-0.15, -0.1) is 0 Å². The molecule has 0 unspecified atom stereocenters. The van der Waals surface area contributed by atoms with Crippen molar-refractivity contribution in [2.75, 3.05) is 31.1 Å². The van der Waals surface area contributed by atoms with Gasteiger partial charge in [0.2, 0.25) is 0 Å². The molecule has 158 valence electrons. The molecule has 1 aliphatic rings. The molecule has 30 heavy (non-hydrogen) atoms. The van der Waals surface area contributed by atoms with Gasteiger partial charge in [-0.2, -0.15) is 0 Å². The molecule has 0 aliphatic carbocycles. The summed E-state index contributed by atoms with van der Waals surface area (Å²) < 4.78 is 3.85. The van der Waals surface area contributed by atoms with Gasteiger partial charge in [0.15, 0.2) is 0 Å². The molecule has 5 heteroatoms. The van der Waals surface area contributed by atoms with E-state index >= 15 is 0 Å². The minimum absolute atomic E-state index is 0.107. The summed E-state index contributed by atoms with van der Waals surface area (Å²) in [6.07, 6.45) is 0.754. The zero-order chi connectivity index (χ0) is 21.3. The molecular formula is C25H32N4O. The number of hydrogen-bond donors (Lipinski definition) is 0. The van der Waals surface area contributed by atoms with E-state index in [1.807, 2.05) is 42.1 Å². The van der Waals surface area contributed by atoms with Crippen molar-refractivity contribution in [3.05, 3.63) is 81.3 Å². The summed E-state index contributed by atoms with van der Waals surface area (Å²) in [5.74, 6) is 0. The zero-order valence-electron chi connectivity index (χ0n) is 18.6. The predicted octanol–water partition coefficient (Wildman–Crippen LogP) is 3.68. The Hall–Kier alpha value is -2.79. The normalized spacial score (nSPS) is 15.0. The number of aryl methyl sites for hydroxylation is 2. The zero-order valence-corrected chi connectivity index (χ0v) is 18.6. The second kappa shape index (κ2) is 8.52. The first-order chi connectivity index (χ1) is 14.5. The van der Waals surface area contributed by atoms with E-state index in [-0.39, 0.29) is 5.56 Å². The Morgan fingerprint density at radius 1 is 0.933 bits per heavy atom. The third kappa shape index (κ3) is 3.82. The molecule has 0 spiro atoms. The van der Waals surface area contributed by atoms with E-state index in [0.717, 1.165) is 56.1 Å². The number of anilines is 1. The highest BCUT2D eigenvalue weighted by Gasteiger charge is 2.23. The van der Waals surface area contributed by atoms with Gasteiger partial charge in [0, 0.05) is 51.0 Å². The van der Waals surface area contributed by atoms with Crippen molar-refractivity contribution in [2.24, 2.45) is 7.05 Å². The fourth-order valence-corrected chi connectivity index (χ4v) is 4.64. The molecule has 0 amide bonds. The lowest BCUT2D eigenvalue weighted by Gasteiger charge is -2.37. The fourth-order valence-electron chi connectivity index (χ4n) is 4.64. The molecule has 5 nitrogen and oxygen atoms in total. The highest BCUT2D eigenvalue weighted by Crippen LogP contribution is 2.23. The van der Waals surface area contributed by atoms with Gasteiger partial charge in [0.1, 0.15) is 0 Å². The van der Waals surface area contributed by atoms with Gasteiger partial charge in [-0.25, -0.2) is 4.68 Å².